The molecule has 186 valence electrons. The van der Waals surface area contributed by atoms with Crippen molar-refractivity contribution in [3.63, 3.8) is 0 Å². The molecule has 3 aromatic carbocycles. The number of hydrogen-bond acceptors (Lipinski definition) is 5. The van der Waals surface area contributed by atoms with E-state index in [-0.39, 0.29) is 18.6 Å². The first-order chi connectivity index (χ1) is 17.5. The Morgan fingerprint density at radius 3 is 2.17 bits per heavy atom. The van der Waals surface area contributed by atoms with E-state index in [2.05, 4.69) is 34.5 Å². The lowest BCUT2D eigenvalue weighted by molar-refractivity contribution is -0.133. The predicted molar refractivity (Wildman–Crippen MR) is 139 cm³/mol. The number of carbonyl (C=O) groups excluding carboxylic acids is 2. The summed E-state index contributed by atoms with van der Waals surface area (Å²) in [6.45, 7) is 4.14. The van der Waals surface area contributed by atoms with E-state index < -0.39 is 5.54 Å². The van der Waals surface area contributed by atoms with E-state index in [0.717, 1.165) is 43.0 Å². The standard InChI is InChI=1S/C29H32N4O3/c1-31(21-24-12-14-26(15-13-24)32-16-18-36-19-17-32)22-33-27(34)29(30-28(33)35,25-10-6-3-7-11-25)20-23-8-4-2-5-9-23/h2-15H,16-22H2,1H3,(H,30,35)/t29-/m1/s1. The van der Waals surface area contributed by atoms with Crippen LogP contribution in [-0.2, 0) is 28.0 Å². The van der Waals surface area contributed by atoms with Crippen LogP contribution < -0.4 is 10.2 Å². The van der Waals surface area contributed by atoms with Crippen molar-refractivity contribution in [3.8, 4) is 0 Å². The monoisotopic (exact) mass is 484 g/mol. The van der Waals surface area contributed by atoms with Gasteiger partial charge in [-0.15, -0.1) is 0 Å². The van der Waals surface area contributed by atoms with Gasteiger partial charge in [-0.25, -0.2) is 9.69 Å². The summed E-state index contributed by atoms with van der Waals surface area (Å²) >= 11 is 0. The van der Waals surface area contributed by atoms with Crippen molar-refractivity contribution in [1.82, 2.24) is 15.1 Å². The molecule has 5 rings (SSSR count). The van der Waals surface area contributed by atoms with Gasteiger partial charge in [-0.3, -0.25) is 9.69 Å². The van der Waals surface area contributed by atoms with Gasteiger partial charge in [0, 0.05) is 31.7 Å². The van der Waals surface area contributed by atoms with Gasteiger partial charge in [0.1, 0.15) is 0 Å². The molecule has 7 nitrogen and oxygen atoms in total. The number of rotatable bonds is 8. The maximum Gasteiger partial charge on any atom is 0.326 e. The second-order valence-corrected chi connectivity index (χ2v) is 9.52. The van der Waals surface area contributed by atoms with E-state index in [1.54, 1.807) is 0 Å². The summed E-state index contributed by atoms with van der Waals surface area (Å²) in [5.74, 6) is -0.225. The average Bonchev–Trinajstić information content (AvgIpc) is 3.15. The lowest BCUT2D eigenvalue weighted by Crippen LogP contribution is -2.46. The van der Waals surface area contributed by atoms with Gasteiger partial charge < -0.3 is 15.0 Å². The number of ether oxygens (including phenoxy) is 1. The van der Waals surface area contributed by atoms with Gasteiger partial charge in [-0.05, 0) is 35.9 Å². The zero-order valence-electron chi connectivity index (χ0n) is 20.6. The molecule has 2 heterocycles. The fraction of sp³-hybridized carbons (Fsp3) is 0.310. The van der Waals surface area contributed by atoms with E-state index in [4.69, 9.17) is 4.74 Å². The minimum absolute atomic E-state index is 0.208. The van der Waals surface area contributed by atoms with Crippen LogP contribution in [0.25, 0.3) is 0 Å². The first kappa shape index (κ1) is 24.0. The molecule has 0 radical (unpaired) electrons. The molecule has 2 saturated heterocycles. The van der Waals surface area contributed by atoms with Crippen LogP contribution in [0.4, 0.5) is 10.5 Å². The number of nitrogens with zero attached hydrogens (tertiary/aromatic N) is 3. The topological polar surface area (TPSA) is 65.1 Å². The van der Waals surface area contributed by atoms with Crippen LogP contribution in [0.3, 0.4) is 0 Å². The van der Waals surface area contributed by atoms with Crippen molar-refractivity contribution in [1.29, 1.82) is 0 Å². The Morgan fingerprint density at radius 1 is 0.861 bits per heavy atom. The van der Waals surface area contributed by atoms with Crippen LogP contribution in [0.2, 0.25) is 0 Å². The number of morpholine rings is 1. The number of amides is 3. The van der Waals surface area contributed by atoms with Gasteiger partial charge in [0.25, 0.3) is 5.91 Å². The number of nitrogens with one attached hydrogen (secondary N) is 1. The maximum absolute atomic E-state index is 13.9. The molecule has 1 atom stereocenters. The minimum Gasteiger partial charge on any atom is -0.378 e. The van der Waals surface area contributed by atoms with Crippen LogP contribution in [0.5, 0.6) is 0 Å². The summed E-state index contributed by atoms with van der Waals surface area (Å²) in [5, 5.41) is 3.04. The third-order valence-electron chi connectivity index (χ3n) is 6.90. The first-order valence-corrected chi connectivity index (χ1v) is 12.4. The smallest absolute Gasteiger partial charge is 0.326 e. The van der Waals surface area contributed by atoms with Crippen molar-refractivity contribution in [2.24, 2.45) is 0 Å². The number of hydrogen-bond donors (Lipinski definition) is 1. The van der Waals surface area contributed by atoms with Gasteiger partial charge in [0.2, 0.25) is 0 Å². The fourth-order valence-electron chi connectivity index (χ4n) is 5.03. The highest BCUT2D eigenvalue weighted by Crippen LogP contribution is 2.33. The van der Waals surface area contributed by atoms with E-state index in [1.165, 1.54) is 10.6 Å². The molecule has 36 heavy (non-hydrogen) atoms. The molecule has 2 aliphatic rings. The van der Waals surface area contributed by atoms with Crippen molar-refractivity contribution in [2.45, 2.75) is 18.5 Å². The molecule has 2 aliphatic heterocycles. The molecule has 2 fully saturated rings. The maximum atomic E-state index is 13.9. The average molecular weight is 485 g/mol. The summed E-state index contributed by atoms with van der Waals surface area (Å²) < 4.78 is 5.44. The van der Waals surface area contributed by atoms with Gasteiger partial charge in [0.05, 0.1) is 19.9 Å². The number of imide groups is 1. The summed E-state index contributed by atoms with van der Waals surface area (Å²) in [4.78, 5) is 32.6. The Hall–Kier alpha value is -3.68. The Balaban J connectivity index is 1.30. The molecule has 0 saturated carbocycles. The molecule has 0 bridgehead atoms. The molecule has 0 aromatic heterocycles. The minimum atomic E-state index is -1.12. The van der Waals surface area contributed by atoms with Gasteiger partial charge in [-0.1, -0.05) is 72.8 Å². The second kappa shape index (κ2) is 10.5. The van der Waals surface area contributed by atoms with Crippen molar-refractivity contribution in [3.05, 3.63) is 102 Å². The lowest BCUT2D eigenvalue weighted by atomic mass is 9.83. The van der Waals surface area contributed by atoms with E-state index in [0.29, 0.717) is 13.0 Å². The first-order valence-electron chi connectivity index (χ1n) is 12.4. The molecule has 0 unspecified atom stereocenters. The SMILES string of the molecule is CN(Cc1ccc(N2CCOCC2)cc1)CN1C(=O)N[C@](Cc2ccccc2)(c2ccccc2)C1=O. The Labute approximate surface area is 212 Å². The van der Waals surface area contributed by atoms with E-state index in [1.807, 2.05) is 72.6 Å². The molecular weight excluding hydrogens is 452 g/mol. The number of urea groups is 1. The molecular formula is C29H32N4O3. The van der Waals surface area contributed by atoms with Gasteiger partial charge >= 0.3 is 6.03 Å². The van der Waals surface area contributed by atoms with Crippen molar-refractivity contribution >= 4 is 17.6 Å². The molecule has 3 amide bonds. The number of anilines is 1. The number of benzene rings is 3. The van der Waals surface area contributed by atoms with Gasteiger partial charge in [0.15, 0.2) is 5.54 Å². The fourth-order valence-corrected chi connectivity index (χ4v) is 5.03. The zero-order valence-corrected chi connectivity index (χ0v) is 20.6. The van der Waals surface area contributed by atoms with E-state index >= 15 is 0 Å². The van der Waals surface area contributed by atoms with E-state index in [9.17, 15) is 9.59 Å². The highest BCUT2D eigenvalue weighted by molar-refractivity contribution is 6.07. The predicted octanol–water partition coefficient (Wildman–Crippen LogP) is 3.60. The number of carbonyl (C=O) groups is 2. The summed E-state index contributed by atoms with van der Waals surface area (Å²) in [7, 11) is 1.93. The van der Waals surface area contributed by atoms with Crippen LogP contribution in [0, 0.1) is 0 Å². The van der Waals surface area contributed by atoms with Crippen molar-refractivity contribution < 1.29 is 14.3 Å². The third kappa shape index (κ3) is 4.98. The molecule has 0 aliphatic carbocycles. The van der Waals surface area contributed by atoms with Crippen LogP contribution >= 0.6 is 0 Å². The Kier molecular flexibility index (Phi) is 7.02. The van der Waals surface area contributed by atoms with Gasteiger partial charge in [-0.2, -0.15) is 0 Å². The lowest BCUT2D eigenvalue weighted by Gasteiger charge is -2.29. The normalized spacial score (nSPS) is 20.2. The molecule has 7 heteroatoms. The highest BCUT2D eigenvalue weighted by atomic mass is 16.5. The van der Waals surface area contributed by atoms with Crippen molar-refractivity contribution in [2.75, 3.05) is 44.9 Å². The second-order valence-electron chi connectivity index (χ2n) is 9.52. The zero-order chi connectivity index (χ0) is 25.0. The third-order valence-corrected chi connectivity index (χ3v) is 6.90. The Morgan fingerprint density at radius 2 is 1.50 bits per heavy atom. The van der Waals surface area contributed by atoms with Crippen LogP contribution in [0.15, 0.2) is 84.9 Å². The highest BCUT2D eigenvalue weighted by Gasteiger charge is 2.52. The van der Waals surface area contributed by atoms with Crippen LogP contribution in [0.1, 0.15) is 16.7 Å². The summed E-state index contributed by atoms with van der Waals surface area (Å²) in [6, 6.07) is 27.4. The van der Waals surface area contributed by atoms with Crippen LogP contribution in [-0.4, -0.2) is 61.8 Å². The molecule has 3 aromatic rings. The Bertz CT molecular complexity index is 1180. The summed E-state index contributed by atoms with van der Waals surface area (Å²) in [5.41, 5.74) is 2.97. The summed E-state index contributed by atoms with van der Waals surface area (Å²) in [6.07, 6.45) is 0.394. The quantitative estimate of drug-likeness (QED) is 0.495. The molecule has 0 spiro atoms. The molecule has 1 N–H and O–H groups in total. The largest absolute Gasteiger partial charge is 0.378 e.